The largest absolute Gasteiger partial charge is 0.386 e. The Morgan fingerprint density at radius 3 is 2.61 bits per heavy atom. The second kappa shape index (κ2) is 7.35. The fourth-order valence-electron chi connectivity index (χ4n) is 2.96. The van der Waals surface area contributed by atoms with Crippen LogP contribution in [0.3, 0.4) is 0 Å². The van der Waals surface area contributed by atoms with Gasteiger partial charge in [-0.15, -0.1) is 0 Å². The van der Waals surface area contributed by atoms with E-state index in [1.807, 2.05) is 4.90 Å². The third-order valence-corrected chi connectivity index (χ3v) is 4.28. The Hall–Kier alpha value is -3.33. The zero-order valence-corrected chi connectivity index (χ0v) is 15.3. The molecule has 0 atom stereocenters. The minimum Gasteiger partial charge on any atom is -0.386 e. The molecule has 0 unspecified atom stereocenters. The average Bonchev–Trinajstić information content (AvgIpc) is 2.66. The number of nitrogens with zero attached hydrogens (tertiary/aromatic N) is 5. The van der Waals surface area contributed by atoms with Crippen LogP contribution in [0.5, 0.6) is 0 Å². The van der Waals surface area contributed by atoms with Crippen molar-refractivity contribution in [1.29, 1.82) is 0 Å². The van der Waals surface area contributed by atoms with Gasteiger partial charge in [0.2, 0.25) is 5.95 Å². The smallest absolute Gasteiger partial charge is 0.226 e. The number of anilines is 4. The van der Waals surface area contributed by atoms with Gasteiger partial charge in [-0.2, -0.15) is 9.97 Å². The summed E-state index contributed by atoms with van der Waals surface area (Å²) in [6, 6.07) is 8.04. The highest BCUT2D eigenvalue weighted by Gasteiger charge is 2.37. The highest BCUT2D eigenvalue weighted by Crippen LogP contribution is 2.28. The first-order chi connectivity index (χ1) is 13.5. The molecule has 8 nitrogen and oxygen atoms in total. The lowest BCUT2D eigenvalue weighted by Crippen LogP contribution is -2.60. The maximum atomic E-state index is 13.1. The number of hydrogen-bond donors (Lipinski definition) is 3. The Kier molecular flexibility index (Phi) is 4.74. The van der Waals surface area contributed by atoms with Gasteiger partial charge in [0.1, 0.15) is 23.3 Å². The Bertz CT molecular complexity index is 942. The third-order valence-electron chi connectivity index (χ3n) is 4.28. The number of aliphatic hydroxyl groups is 1. The standard InChI is InChI=1S/C19H20FN7O/c1-19(28)11-27(12-19)17-8-15(24-16-10-21-6-7-22-16)25-18(26-17)23-9-13-2-4-14(20)5-3-13/h2-8,10,28H,9,11-12H2,1H3,(H2,22,23,24,25,26). The molecule has 0 saturated carbocycles. The van der Waals surface area contributed by atoms with Crippen molar-refractivity contribution in [2.75, 3.05) is 28.6 Å². The van der Waals surface area contributed by atoms with Gasteiger partial charge in [-0.1, -0.05) is 12.1 Å². The molecule has 144 valence electrons. The summed E-state index contributed by atoms with van der Waals surface area (Å²) < 4.78 is 13.1. The van der Waals surface area contributed by atoms with Gasteiger partial charge in [0.15, 0.2) is 0 Å². The molecule has 1 saturated heterocycles. The van der Waals surface area contributed by atoms with Gasteiger partial charge >= 0.3 is 0 Å². The summed E-state index contributed by atoms with van der Waals surface area (Å²) in [5.41, 5.74) is 0.191. The normalized spacial score (nSPS) is 15.0. The zero-order chi connectivity index (χ0) is 19.6. The van der Waals surface area contributed by atoms with E-state index in [2.05, 4.69) is 30.6 Å². The predicted octanol–water partition coefficient (Wildman–Crippen LogP) is 2.33. The van der Waals surface area contributed by atoms with E-state index >= 15 is 0 Å². The molecule has 4 rings (SSSR count). The molecule has 0 radical (unpaired) electrons. The monoisotopic (exact) mass is 381 g/mol. The van der Waals surface area contributed by atoms with E-state index in [0.717, 1.165) is 5.56 Å². The first-order valence-electron chi connectivity index (χ1n) is 8.85. The van der Waals surface area contributed by atoms with E-state index in [4.69, 9.17) is 0 Å². The molecule has 0 spiro atoms. The van der Waals surface area contributed by atoms with Gasteiger partial charge in [0, 0.05) is 38.1 Å². The maximum absolute atomic E-state index is 13.1. The van der Waals surface area contributed by atoms with Gasteiger partial charge in [-0.25, -0.2) is 9.37 Å². The van der Waals surface area contributed by atoms with Crippen LogP contribution in [0.2, 0.25) is 0 Å². The summed E-state index contributed by atoms with van der Waals surface area (Å²) in [4.78, 5) is 19.2. The molecule has 9 heteroatoms. The van der Waals surface area contributed by atoms with Crippen LogP contribution >= 0.6 is 0 Å². The van der Waals surface area contributed by atoms with Gasteiger partial charge in [-0.3, -0.25) is 4.98 Å². The quantitative estimate of drug-likeness (QED) is 0.598. The molecule has 1 aromatic carbocycles. The molecule has 3 N–H and O–H groups in total. The van der Waals surface area contributed by atoms with Gasteiger partial charge in [0.25, 0.3) is 0 Å². The van der Waals surface area contributed by atoms with Gasteiger partial charge in [0.05, 0.1) is 11.8 Å². The second-order valence-electron chi connectivity index (χ2n) is 6.98. The lowest BCUT2D eigenvalue weighted by atomic mass is 9.97. The SMILES string of the molecule is CC1(O)CN(c2cc(Nc3cnccn3)nc(NCc3ccc(F)cc3)n2)C1. The highest BCUT2D eigenvalue weighted by atomic mass is 19.1. The fourth-order valence-corrected chi connectivity index (χ4v) is 2.96. The number of nitrogens with one attached hydrogen (secondary N) is 2. The Balaban J connectivity index is 1.55. The molecule has 3 aromatic rings. The molecule has 1 aliphatic heterocycles. The van der Waals surface area contributed by atoms with Gasteiger partial charge in [-0.05, 0) is 24.6 Å². The van der Waals surface area contributed by atoms with E-state index < -0.39 is 5.60 Å². The lowest BCUT2D eigenvalue weighted by molar-refractivity contribution is 0.0305. The summed E-state index contributed by atoms with van der Waals surface area (Å²) in [5.74, 6) is 1.95. The molecule has 0 amide bonds. The van der Waals surface area contributed by atoms with Crippen LogP contribution in [0.4, 0.5) is 27.8 Å². The number of aromatic nitrogens is 4. The predicted molar refractivity (Wildman–Crippen MR) is 104 cm³/mol. The van der Waals surface area contributed by atoms with Crippen molar-refractivity contribution in [1.82, 2.24) is 19.9 Å². The van der Waals surface area contributed by atoms with Crippen LogP contribution in [-0.4, -0.2) is 43.7 Å². The Morgan fingerprint density at radius 1 is 1.14 bits per heavy atom. The van der Waals surface area contributed by atoms with Crippen LogP contribution in [0.15, 0.2) is 48.9 Å². The second-order valence-corrected chi connectivity index (χ2v) is 6.98. The van der Waals surface area contributed by atoms with Crippen LogP contribution in [0.1, 0.15) is 12.5 Å². The van der Waals surface area contributed by atoms with Gasteiger partial charge < -0.3 is 20.6 Å². The molecule has 28 heavy (non-hydrogen) atoms. The maximum Gasteiger partial charge on any atom is 0.226 e. The van der Waals surface area contributed by atoms with Crippen molar-refractivity contribution in [3.63, 3.8) is 0 Å². The highest BCUT2D eigenvalue weighted by molar-refractivity contribution is 5.60. The molecule has 1 fully saturated rings. The van der Waals surface area contributed by atoms with Crippen LogP contribution < -0.4 is 15.5 Å². The van der Waals surface area contributed by atoms with Crippen LogP contribution in [-0.2, 0) is 6.54 Å². The number of β-amino-alcohol motifs (C(OH)–C–C–N with tert-alkyl or cyclic N) is 1. The molecule has 3 heterocycles. The van der Waals surface area contributed by atoms with Crippen molar-refractivity contribution >= 4 is 23.4 Å². The van der Waals surface area contributed by atoms with Crippen molar-refractivity contribution in [2.45, 2.75) is 19.1 Å². The first kappa shape index (κ1) is 18.1. The number of halogens is 1. The van der Waals surface area contributed by atoms with E-state index in [1.165, 1.54) is 12.1 Å². The topological polar surface area (TPSA) is 99.1 Å². The van der Waals surface area contributed by atoms with Crippen molar-refractivity contribution < 1.29 is 9.50 Å². The van der Waals surface area contributed by atoms with Crippen LogP contribution in [0, 0.1) is 5.82 Å². The number of rotatable bonds is 6. The minimum atomic E-state index is -0.717. The lowest BCUT2D eigenvalue weighted by Gasteiger charge is -2.45. The summed E-state index contributed by atoms with van der Waals surface area (Å²) in [6.45, 7) is 3.22. The van der Waals surface area contributed by atoms with E-state index in [1.54, 1.807) is 43.7 Å². The first-order valence-corrected chi connectivity index (χ1v) is 8.85. The summed E-state index contributed by atoms with van der Waals surface area (Å²) in [6.07, 6.45) is 4.78. The third kappa shape index (κ3) is 4.32. The van der Waals surface area contributed by atoms with E-state index in [9.17, 15) is 9.50 Å². The average molecular weight is 381 g/mol. The zero-order valence-electron chi connectivity index (χ0n) is 15.3. The molecular weight excluding hydrogens is 361 g/mol. The summed E-state index contributed by atoms with van der Waals surface area (Å²) in [7, 11) is 0. The van der Waals surface area contributed by atoms with Crippen molar-refractivity contribution in [2.24, 2.45) is 0 Å². The van der Waals surface area contributed by atoms with Crippen molar-refractivity contribution in [3.05, 3.63) is 60.3 Å². The minimum absolute atomic E-state index is 0.276. The van der Waals surface area contributed by atoms with E-state index in [-0.39, 0.29) is 5.82 Å². The molecule has 2 aromatic heterocycles. The van der Waals surface area contributed by atoms with Crippen LogP contribution in [0.25, 0.3) is 0 Å². The molecule has 1 aliphatic rings. The van der Waals surface area contributed by atoms with E-state index in [0.29, 0.717) is 43.0 Å². The molecule has 0 aliphatic carbocycles. The molecule has 0 bridgehead atoms. The summed E-state index contributed by atoms with van der Waals surface area (Å²) >= 11 is 0. The fraction of sp³-hybridized carbons (Fsp3) is 0.263. The Morgan fingerprint density at radius 2 is 1.93 bits per heavy atom. The number of benzene rings is 1. The number of hydrogen-bond acceptors (Lipinski definition) is 8. The molecular formula is C19H20FN7O. The Labute approximate surface area is 161 Å². The summed E-state index contributed by atoms with van der Waals surface area (Å²) in [5, 5.41) is 16.3. The van der Waals surface area contributed by atoms with Crippen molar-refractivity contribution in [3.8, 4) is 0 Å².